The molecule has 1 fully saturated rings. The van der Waals surface area contributed by atoms with Gasteiger partial charge in [0.15, 0.2) is 0 Å². The van der Waals surface area contributed by atoms with Crippen LogP contribution in [-0.2, 0) is 0 Å². The van der Waals surface area contributed by atoms with Gasteiger partial charge in [0, 0.05) is 31.7 Å². The summed E-state index contributed by atoms with van der Waals surface area (Å²) in [5.41, 5.74) is 0. The molecule has 1 rings (SSSR count). The summed E-state index contributed by atoms with van der Waals surface area (Å²) in [6.07, 6.45) is -0.831. The second kappa shape index (κ2) is 3.50. The first kappa shape index (κ1) is 8.94. The Morgan fingerprint density at radius 3 is 2.45 bits per heavy atom. The minimum absolute atomic E-state index is 0.0234. The van der Waals surface area contributed by atoms with Crippen LogP contribution < -0.4 is 0 Å². The van der Waals surface area contributed by atoms with Crippen molar-refractivity contribution in [2.45, 2.75) is 26.1 Å². The number of aliphatic hydroxyl groups is 1. The van der Waals surface area contributed by atoms with Gasteiger partial charge in [-0.3, -0.25) is 4.90 Å². The van der Waals surface area contributed by atoms with E-state index in [4.69, 9.17) is 5.11 Å². The van der Waals surface area contributed by atoms with Crippen LogP contribution in [0.4, 0.5) is 4.39 Å². The maximum atomic E-state index is 13.0. The SMILES string of the molecule is CC(C)N1C[C@H](CO)[C@@H](F)C1. The van der Waals surface area contributed by atoms with Crippen molar-refractivity contribution in [1.29, 1.82) is 0 Å². The van der Waals surface area contributed by atoms with E-state index in [0.717, 1.165) is 0 Å². The highest BCUT2D eigenvalue weighted by atomic mass is 19.1. The highest BCUT2D eigenvalue weighted by molar-refractivity contribution is 4.84. The highest BCUT2D eigenvalue weighted by Gasteiger charge is 2.32. The first-order valence-electron chi connectivity index (χ1n) is 4.14. The molecule has 1 aliphatic heterocycles. The Kier molecular flexibility index (Phi) is 2.84. The van der Waals surface area contributed by atoms with E-state index in [-0.39, 0.29) is 12.5 Å². The van der Waals surface area contributed by atoms with E-state index in [0.29, 0.717) is 19.1 Å². The van der Waals surface area contributed by atoms with Gasteiger partial charge in [0.2, 0.25) is 0 Å². The van der Waals surface area contributed by atoms with Gasteiger partial charge in [0.25, 0.3) is 0 Å². The van der Waals surface area contributed by atoms with Gasteiger partial charge in [-0.15, -0.1) is 0 Å². The molecule has 0 unspecified atom stereocenters. The van der Waals surface area contributed by atoms with Crippen LogP contribution in [0.1, 0.15) is 13.8 Å². The second-order valence-electron chi connectivity index (χ2n) is 3.51. The molecule has 66 valence electrons. The standard InChI is InChI=1S/C8H16FNO/c1-6(2)10-3-7(5-11)8(9)4-10/h6-8,11H,3-5H2,1-2H3/t7-,8+/m1/s1. The minimum Gasteiger partial charge on any atom is -0.396 e. The Hall–Kier alpha value is -0.150. The Morgan fingerprint density at radius 2 is 2.18 bits per heavy atom. The summed E-state index contributed by atoms with van der Waals surface area (Å²) in [6, 6.07) is 0.393. The van der Waals surface area contributed by atoms with Gasteiger partial charge in [0.05, 0.1) is 0 Å². The fourth-order valence-electron chi connectivity index (χ4n) is 1.46. The number of rotatable bonds is 2. The Morgan fingerprint density at radius 1 is 1.55 bits per heavy atom. The first-order valence-corrected chi connectivity index (χ1v) is 4.14. The van der Waals surface area contributed by atoms with Gasteiger partial charge in [-0.1, -0.05) is 0 Å². The van der Waals surface area contributed by atoms with Gasteiger partial charge >= 0.3 is 0 Å². The molecular weight excluding hydrogens is 145 g/mol. The maximum absolute atomic E-state index is 13.0. The lowest BCUT2D eigenvalue weighted by Crippen LogP contribution is -2.28. The van der Waals surface area contributed by atoms with Crippen LogP contribution >= 0.6 is 0 Å². The molecule has 1 N–H and O–H groups in total. The first-order chi connectivity index (χ1) is 5.15. The van der Waals surface area contributed by atoms with Gasteiger partial charge in [-0.2, -0.15) is 0 Å². The molecule has 2 atom stereocenters. The molecule has 0 aromatic carbocycles. The molecule has 0 saturated carbocycles. The summed E-state index contributed by atoms with van der Waals surface area (Å²) >= 11 is 0. The monoisotopic (exact) mass is 161 g/mol. The third kappa shape index (κ3) is 1.91. The highest BCUT2D eigenvalue weighted by Crippen LogP contribution is 2.20. The zero-order valence-electron chi connectivity index (χ0n) is 7.13. The number of hydrogen-bond donors (Lipinski definition) is 1. The molecule has 0 bridgehead atoms. The summed E-state index contributed by atoms with van der Waals surface area (Å²) in [5, 5.41) is 8.77. The zero-order chi connectivity index (χ0) is 8.43. The van der Waals surface area contributed by atoms with Gasteiger partial charge in [-0.25, -0.2) is 4.39 Å². The number of nitrogens with zero attached hydrogens (tertiary/aromatic N) is 1. The quantitative estimate of drug-likeness (QED) is 0.643. The molecule has 1 saturated heterocycles. The summed E-state index contributed by atoms with van der Waals surface area (Å²) in [4.78, 5) is 2.06. The number of alkyl halides is 1. The van der Waals surface area contributed by atoms with Crippen molar-refractivity contribution in [3.63, 3.8) is 0 Å². The zero-order valence-corrected chi connectivity index (χ0v) is 7.13. The van der Waals surface area contributed by atoms with Crippen molar-refractivity contribution in [3.8, 4) is 0 Å². The number of likely N-dealkylation sites (tertiary alicyclic amines) is 1. The fourth-order valence-corrected chi connectivity index (χ4v) is 1.46. The predicted octanol–water partition coefficient (Wildman–Crippen LogP) is 0.657. The van der Waals surface area contributed by atoms with Crippen LogP contribution in [0.2, 0.25) is 0 Å². The van der Waals surface area contributed by atoms with Gasteiger partial charge < -0.3 is 5.11 Å². The van der Waals surface area contributed by atoms with Crippen LogP contribution in [0.25, 0.3) is 0 Å². The molecule has 1 heterocycles. The largest absolute Gasteiger partial charge is 0.396 e. The van der Waals surface area contributed by atoms with Gasteiger partial charge in [-0.05, 0) is 13.8 Å². The third-order valence-electron chi connectivity index (χ3n) is 2.35. The predicted molar refractivity (Wildman–Crippen MR) is 42.2 cm³/mol. The Bertz CT molecular complexity index is 129. The molecule has 0 radical (unpaired) electrons. The van der Waals surface area contributed by atoms with E-state index >= 15 is 0 Å². The molecule has 0 aromatic heterocycles. The lowest BCUT2D eigenvalue weighted by atomic mass is 10.1. The number of aliphatic hydroxyl groups excluding tert-OH is 1. The average Bonchev–Trinajstić information content (AvgIpc) is 2.31. The summed E-state index contributed by atoms with van der Waals surface area (Å²) in [5.74, 6) is -0.155. The van der Waals surface area contributed by atoms with E-state index in [1.807, 2.05) is 13.8 Å². The van der Waals surface area contributed by atoms with Crippen molar-refractivity contribution in [3.05, 3.63) is 0 Å². The minimum atomic E-state index is -0.831. The topological polar surface area (TPSA) is 23.5 Å². The maximum Gasteiger partial charge on any atom is 0.119 e. The molecule has 0 amide bonds. The smallest absolute Gasteiger partial charge is 0.119 e. The summed E-state index contributed by atoms with van der Waals surface area (Å²) in [7, 11) is 0. The third-order valence-corrected chi connectivity index (χ3v) is 2.35. The molecule has 0 aromatic rings. The van der Waals surface area contributed by atoms with E-state index in [1.54, 1.807) is 0 Å². The van der Waals surface area contributed by atoms with Crippen molar-refractivity contribution >= 4 is 0 Å². The lowest BCUT2D eigenvalue weighted by molar-refractivity contribution is 0.174. The van der Waals surface area contributed by atoms with Crippen LogP contribution in [0.15, 0.2) is 0 Å². The van der Waals surface area contributed by atoms with Gasteiger partial charge in [0.1, 0.15) is 6.17 Å². The normalized spacial score (nSPS) is 33.5. The Labute approximate surface area is 67.0 Å². The van der Waals surface area contributed by atoms with E-state index < -0.39 is 6.17 Å². The molecular formula is C8H16FNO. The lowest BCUT2D eigenvalue weighted by Gasteiger charge is -2.19. The molecule has 0 spiro atoms. The van der Waals surface area contributed by atoms with Crippen molar-refractivity contribution < 1.29 is 9.50 Å². The number of hydrogen-bond acceptors (Lipinski definition) is 2. The molecule has 11 heavy (non-hydrogen) atoms. The fraction of sp³-hybridized carbons (Fsp3) is 1.00. The van der Waals surface area contributed by atoms with Crippen LogP contribution in [0, 0.1) is 5.92 Å². The molecule has 0 aliphatic carbocycles. The van der Waals surface area contributed by atoms with E-state index in [1.165, 1.54) is 0 Å². The Balaban J connectivity index is 2.43. The molecule has 1 aliphatic rings. The van der Waals surface area contributed by atoms with E-state index in [2.05, 4.69) is 4.90 Å². The summed E-state index contributed by atoms with van der Waals surface area (Å²) in [6.45, 7) is 5.27. The van der Waals surface area contributed by atoms with Crippen molar-refractivity contribution in [2.24, 2.45) is 5.92 Å². The van der Waals surface area contributed by atoms with Crippen LogP contribution in [0.3, 0.4) is 0 Å². The van der Waals surface area contributed by atoms with Crippen molar-refractivity contribution in [1.82, 2.24) is 4.90 Å². The summed E-state index contributed by atoms with van der Waals surface area (Å²) < 4.78 is 13.0. The average molecular weight is 161 g/mol. The van der Waals surface area contributed by atoms with Crippen LogP contribution in [0.5, 0.6) is 0 Å². The molecule has 3 heteroatoms. The molecule has 2 nitrogen and oxygen atoms in total. The van der Waals surface area contributed by atoms with E-state index in [9.17, 15) is 4.39 Å². The number of halogens is 1. The van der Waals surface area contributed by atoms with Crippen molar-refractivity contribution in [2.75, 3.05) is 19.7 Å². The van der Waals surface area contributed by atoms with Crippen LogP contribution in [-0.4, -0.2) is 41.9 Å². The second-order valence-corrected chi connectivity index (χ2v) is 3.51.